The first kappa shape index (κ1) is 28.7. The third-order valence-electron chi connectivity index (χ3n) is 5.92. The SMILES string of the molecule is CCC(C)NC(=O)C(C)N(CCc1ccccc1)C(=O)CCCN(c1ccc(Cl)cc1)S(C)(=O)=O. The molecule has 9 heteroatoms. The van der Waals surface area contributed by atoms with E-state index in [2.05, 4.69) is 5.32 Å². The summed E-state index contributed by atoms with van der Waals surface area (Å²) in [4.78, 5) is 27.6. The molecule has 0 saturated heterocycles. The Morgan fingerprint density at radius 2 is 1.63 bits per heavy atom. The minimum absolute atomic E-state index is 0.0127. The Labute approximate surface area is 214 Å². The van der Waals surface area contributed by atoms with Gasteiger partial charge < -0.3 is 10.2 Å². The second kappa shape index (κ2) is 13.5. The number of nitrogens with one attached hydrogen (secondary N) is 1. The van der Waals surface area contributed by atoms with E-state index in [9.17, 15) is 18.0 Å². The number of benzene rings is 2. The van der Waals surface area contributed by atoms with E-state index in [-0.39, 0.29) is 30.8 Å². The van der Waals surface area contributed by atoms with E-state index in [1.165, 1.54) is 4.31 Å². The van der Waals surface area contributed by atoms with Crippen molar-refractivity contribution in [3.05, 3.63) is 65.2 Å². The summed E-state index contributed by atoms with van der Waals surface area (Å²) < 4.78 is 26.0. The van der Waals surface area contributed by atoms with Crippen molar-refractivity contribution in [2.75, 3.05) is 23.7 Å². The van der Waals surface area contributed by atoms with Gasteiger partial charge in [-0.25, -0.2) is 8.42 Å². The highest BCUT2D eigenvalue weighted by atomic mass is 35.5. The lowest BCUT2D eigenvalue weighted by atomic mass is 10.1. The van der Waals surface area contributed by atoms with Gasteiger partial charge in [0.05, 0.1) is 11.9 Å². The number of rotatable bonds is 13. The van der Waals surface area contributed by atoms with Gasteiger partial charge in [-0.15, -0.1) is 0 Å². The first-order chi connectivity index (χ1) is 16.5. The highest BCUT2D eigenvalue weighted by molar-refractivity contribution is 7.92. The molecule has 0 aliphatic heterocycles. The Morgan fingerprint density at radius 3 is 2.20 bits per heavy atom. The number of hydrogen-bond donors (Lipinski definition) is 1. The molecule has 2 aromatic carbocycles. The standard InChI is InChI=1S/C26H36ClN3O4S/c1-5-20(2)28-26(32)21(3)29(19-17-22-10-7-6-8-11-22)25(31)12-9-18-30(35(4,33)34)24-15-13-23(27)14-16-24/h6-8,10-11,13-16,20-21H,5,9,12,17-19H2,1-4H3,(H,28,32). The quantitative estimate of drug-likeness (QED) is 0.426. The summed E-state index contributed by atoms with van der Waals surface area (Å²) in [6.07, 6.45) is 2.98. The molecular formula is C26H36ClN3O4S. The molecule has 2 unspecified atom stereocenters. The third-order valence-corrected chi connectivity index (χ3v) is 7.37. The molecule has 0 aliphatic carbocycles. The number of nitrogens with zero attached hydrogens (tertiary/aromatic N) is 2. The van der Waals surface area contributed by atoms with E-state index >= 15 is 0 Å². The van der Waals surface area contributed by atoms with Crippen molar-refractivity contribution in [2.24, 2.45) is 0 Å². The largest absolute Gasteiger partial charge is 0.352 e. The summed E-state index contributed by atoms with van der Waals surface area (Å²) >= 11 is 5.93. The monoisotopic (exact) mass is 521 g/mol. The van der Waals surface area contributed by atoms with Gasteiger partial charge in [0.2, 0.25) is 21.8 Å². The molecule has 0 bridgehead atoms. The first-order valence-electron chi connectivity index (χ1n) is 11.9. The fraction of sp³-hybridized carbons (Fsp3) is 0.462. The number of anilines is 1. The zero-order valence-electron chi connectivity index (χ0n) is 20.9. The van der Waals surface area contributed by atoms with Gasteiger partial charge in [0, 0.05) is 30.6 Å². The molecule has 2 aromatic rings. The van der Waals surface area contributed by atoms with E-state index in [1.54, 1.807) is 36.1 Å². The first-order valence-corrected chi connectivity index (χ1v) is 14.1. The van der Waals surface area contributed by atoms with E-state index in [0.717, 1.165) is 18.2 Å². The van der Waals surface area contributed by atoms with Crippen molar-refractivity contribution in [1.82, 2.24) is 10.2 Å². The fourth-order valence-corrected chi connectivity index (χ4v) is 4.74. The molecule has 1 N–H and O–H groups in total. The van der Waals surface area contributed by atoms with Crippen LogP contribution in [-0.4, -0.2) is 56.6 Å². The molecule has 0 aliphatic rings. The van der Waals surface area contributed by atoms with E-state index in [1.807, 2.05) is 44.2 Å². The van der Waals surface area contributed by atoms with Gasteiger partial charge in [0.25, 0.3) is 0 Å². The van der Waals surface area contributed by atoms with Crippen LogP contribution in [0.15, 0.2) is 54.6 Å². The molecule has 2 amide bonds. The molecule has 7 nitrogen and oxygen atoms in total. The molecule has 192 valence electrons. The van der Waals surface area contributed by atoms with Gasteiger partial charge in [-0.05, 0) is 62.9 Å². The fourth-order valence-electron chi connectivity index (χ4n) is 3.65. The average molecular weight is 522 g/mol. The predicted octanol–water partition coefficient (Wildman–Crippen LogP) is 4.26. The minimum atomic E-state index is -3.54. The number of amides is 2. The van der Waals surface area contributed by atoms with Gasteiger partial charge in [0.1, 0.15) is 6.04 Å². The molecule has 0 aromatic heterocycles. The van der Waals surface area contributed by atoms with Crippen molar-refractivity contribution in [2.45, 2.75) is 58.5 Å². The van der Waals surface area contributed by atoms with Gasteiger partial charge in [-0.1, -0.05) is 48.9 Å². The highest BCUT2D eigenvalue weighted by Gasteiger charge is 2.26. The Balaban J connectivity index is 2.10. The van der Waals surface area contributed by atoms with Crippen LogP contribution in [0.3, 0.4) is 0 Å². The van der Waals surface area contributed by atoms with Crippen molar-refractivity contribution in [3.63, 3.8) is 0 Å². The summed E-state index contributed by atoms with van der Waals surface area (Å²) in [5, 5.41) is 3.46. The topological polar surface area (TPSA) is 86.8 Å². The molecule has 2 atom stereocenters. The lowest BCUT2D eigenvalue weighted by Gasteiger charge is -2.30. The molecule has 35 heavy (non-hydrogen) atoms. The van der Waals surface area contributed by atoms with Gasteiger partial charge in [0.15, 0.2) is 0 Å². The summed E-state index contributed by atoms with van der Waals surface area (Å²) in [6.45, 7) is 6.19. The number of carbonyl (C=O) groups is 2. The molecular weight excluding hydrogens is 486 g/mol. The van der Waals surface area contributed by atoms with Crippen LogP contribution in [0.5, 0.6) is 0 Å². The summed E-state index contributed by atoms with van der Waals surface area (Å²) in [5.74, 6) is -0.378. The Morgan fingerprint density at radius 1 is 1.00 bits per heavy atom. The van der Waals surface area contributed by atoms with E-state index in [4.69, 9.17) is 11.6 Å². The molecule has 0 spiro atoms. The van der Waals surface area contributed by atoms with Gasteiger partial charge in [-0.2, -0.15) is 0 Å². The minimum Gasteiger partial charge on any atom is -0.352 e. The second-order valence-corrected chi connectivity index (χ2v) is 11.1. The Hall–Kier alpha value is -2.58. The number of sulfonamides is 1. The summed E-state index contributed by atoms with van der Waals surface area (Å²) in [5.41, 5.74) is 1.57. The lowest BCUT2D eigenvalue weighted by molar-refractivity contribution is -0.140. The Kier molecular flexibility index (Phi) is 11.0. The molecule has 0 radical (unpaired) electrons. The van der Waals surface area contributed by atoms with Crippen molar-refractivity contribution >= 4 is 39.1 Å². The zero-order chi connectivity index (χ0) is 26.0. The van der Waals surface area contributed by atoms with Crippen LogP contribution in [0.25, 0.3) is 0 Å². The van der Waals surface area contributed by atoms with Crippen molar-refractivity contribution in [3.8, 4) is 0 Å². The van der Waals surface area contributed by atoms with E-state index < -0.39 is 16.1 Å². The molecule has 2 rings (SSSR count). The van der Waals surface area contributed by atoms with Gasteiger partial charge >= 0.3 is 0 Å². The maximum Gasteiger partial charge on any atom is 0.242 e. The second-order valence-electron chi connectivity index (χ2n) is 8.73. The molecule has 0 fully saturated rings. The molecule has 0 saturated carbocycles. The number of hydrogen-bond acceptors (Lipinski definition) is 4. The van der Waals surface area contributed by atoms with Crippen molar-refractivity contribution < 1.29 is 18.0 Å². The number of carbonyl (C=O) groups excluding carboxylic acids is 2. The van der Waals surface area contributed by atoms with Crippen molar-refractivity contribution in [1.29, 1.82) is 0 Å². The Bertz CT molecular complexity index is 1060. The highest BCUT2D eigenvalue weighted by Crippen LogP contribution is 2.21. The van der Waals surface area contributed by atoms with Crippen LogP contribution >= 0.6 is 11.6 Å². The van der Waals surface area contributed by atoms with Crippen LogP contribution in [0, 0.1) is 0 Å². The predicted molar refractivity (Wildman–Crippen MR) is 142 cm³/mol. The van der Waals surface area contributed by atoms with Crippen LogP contribution in [0.1, 0.15) is 45.6 Å². The van der Waals surface area contributed by atoms with Crippen LogP contribution in [0.2, 0.25) is 5.02 Å². The van der Waals surface area contributed by atoms with Crippen LogP contribution < -0.4 is 9.62 Å². The maximum absolute atomic E-state index is 13.2. The van der Waals surface area contributed by atoms with Crippen LogP contribution in [0.4, 0.5) is 5.69 Å². The lowest BCUT2D eigenvalue weighted by Crippen LogP contribution is -2.50. The van der Waals surface area contributed by atoms with E-state index in [0.29, 0.717) is 30.1 Å². The normalized spacial score (nSPS) is 13.1. The number of halogens is 1. The van der Waals surface area contributed by atoms with Gasteiger partial charge in [-0.3, -0.25) is 13.9 Å². The average Bonchev–Trinajstić information content (AvgIpc) is 2.82. The third kappa shape index (κ3) is 9.18. The summed E-state index contributed by atoms with van der Waals surface area (Å²) in [6, 6.07) is 15.7. The molecule has 0 heterocycles. The summed E-state index contributed by atoms with van der Waals surface area (Å²) in [7, 11) is -3.54. The maximum atomic E-state index is 13.2. The zero-order valence-corrected chi connectivity index (χ0v) is 22.5. The van der Waals surface area contributed by atoms with Crippen LogP contribution in [-0.2, 0) is 26.0 Å². The smallest absolute Gasteiger partial charge is 0.242 e.